The van der Waals surface area contributed by atoms with Gasteiger partial charge in [0.1, 0.15) is 0 Å². The number of non-ortho nitro benzene ring substituents is 1. The monoisotopic (exact) mass is 329 g/mol. The van der Waals surface area contributed by atoms with E-state index >= 15 is 0 Å². The molecule has 0 saturated heterocycles. The smallest absolute Gasteiger partial charge is 0.269 e. The van der Waals surface area contributed by atoms with Gasteiger partial charge in [0, 0.05) is 30.6 Å². The molecule has 1 aromatic rings. The van der Waals surface area contributed by atoms with Crippen LogP contribution in [0.25, 0.3) is 0 Å². The van der Waals surface area contributed by atoms with Gasteiger partial charge in [0.15, 0.2) is 0 Å². The first-order valence-corrected chi connectivity index (χ1v) is 8.05. The maximum Gasteiger partial charge on any atom is 0.269 e. The van der Waals surface area contributed by atoms with E-state index in [1.165, 1.54) is 0 Å². The van der Waals surface area contributed by atoms with E-state index in [0.717, 1.165) is 24.3 Å². The summed E-state index contributed by atoms with van der Waals surface area (Å²) < 4.78 is 26.2. The molecule has 0 atom stereocenters. The third-order valence-corrected chi connectivity index (χ3v) is 4.22. The molecule has 0 fully saturated rings. The fourth-order valence-electron chi connectivity index (χ4n) is 1.46. The van der Waals surface area contributed by atoms with Crippen LogP contribution in [0, 0.1) is 15.5 Å². The minimum absolute atomic E-state index is 0.0289. The van der Waals surface area contributed by atoms with E-state index in [0.29, 0.717) is 0 Å². The minimum Gasteiger partial charge on any atom is -0.354 e. The number of benzene rings is 1. The van der Waals surface area contributed by atoms with E-state index in [4.69, 9.17) is 0 Å². The van der Waals surface area contributed by atoms with Crippen molar-refractivity contribution in [1.82, 2.24) is 10.0 Å². The molecule has 2 N–H and O–H groups in total. The van der Waals surface area contributed by atoms with Crippen LogP contribution in [0.5, 0.6) is 0 Å². The van der Waals surface area contributed by atoms with Gasteiger partial charge in [-0.1, -0.05) is 20.8 Å². The molecule has 22 heavy (non-hydrogen) atoms. The van der Waals surface area contributed by atoms with Crippen LogP contribution in [-0.2, 0) is 14.8 Å². The average molecular weight is 329 g/mol. The van der Waals surface area contributed by atoms with Crippen LogP contribution < -0.4 is 10.0 Å². The Kier molecular flexibility index (Phi) is 5.61. The highest BCUT2D eigenvalue weighted by Gasteiger charge is 2.21. The Morgan fingerprint density at radius 3 is 2.18 bits per heavy atom. The fourth-order valence-corrected chi connectivity index (χ4v) is 2.49. The number of nitro benzene ring substituents is 1. The van der Waals surface area contributed by atoms with Gasteiger partial charge < -0.3 is 5.32 Å². The number of carbonyl (C=O) groups excluding carboxylic acids is 1. The molecule has 0 aliphatic rings. The van der Waals surface area contributed by atoms with Crippen molar-refractivity contribution < 1.29 is 18.1 Å². The molecule has 8 nitrogen and oxygen atoms in total. The number of hydrogen-bond donors (Lipinski definition) is 2. The normalized spacial score (nSPS) is 12.0. The van der Waals surface area contributed by atoms with Gasteiger partial charge in [-0.05, 0) is 12.1 Å². The molecule has 0 spiro atoms. The van der Waals surface area contributed by atoms with Gasteiger partial charge in [0.2, 0.25) is 15.9 Å². The second-order valence-electron chi connectivity index (χ2n) is 5.65. The summed E-state index contributed by atoms with van der Waals surface area (Å²) in [5.41, 5.74) is -0.728. The molecule has 1 aromatic carbocycles. The highest BCUT2D eigenvalue weighted by Crippen LogP contribution is 2.15. The van der Waals surface area contributed by atoms with Gasteiger partial charge >= 0.3 is 0 Å². The minimum atomic E-state index is -3.76. The molecule has 9 heteroatoms. The Morgan fingerprint density at radius 2 is 1.73 bits per heavy atom. The maximum absolute atomic E-state index is 12.0. The van der Waals surface area contributed by atoms with Gasteiger partial charge in [-0.15, -0.1) is 0 Å². The Labute approximate surface area is 129 Å². The van der Waals surface area contributed by atoms with E-state index in [1.54, 1.807) is 20.8 Å². The number of nitro groups is 1. The zero-order valence-electron chi connectivity index (χ0n) is 12.6. The number of nitrogens with one attached hydrogen (secondary N) is 2. The largest absolute Gasteiger partial charge is 0.354 e. The summed E-state index contributed by atoms with van der Waals surface area (Å²) in [5, 5.41) is 13.1. The SMILES string of the molecule is CC(C)(C)C(=O)NCCNS(=O)(=O)c1ccc([N+](=O)[O-])cc1. The number of carbonyl (C=O) groups is 1. The summed E-state index contributed by atoms with van der Waals surface area (Å²) in [6.45, 7) is 5.44. The van der Waals surface area contributed by atoms with Gasteiger partial charge in [-0.3, -0.25) is 14.9 Å². The molecule has 1 rings (SSSR count). The second kappa shape index (κ2) is 6.84. The highest BCUT2D eigenvalue weighted by atomic mass is 32.2. The van der Waals surface area contributed by atoms with Crippen molar-refractivity contribution in [3.63, 3.8) is 0 Å². The predicted octanol–water partition coefficient (Wildman–Crippen LogP) is 1.04. The van der Waals surface area contributed by atoms with Crippen LogP contribution in [0.15, 0.2) is 29.2 Å². The first-order valence-electron chi connectivity index (χ1n) is 6.56. The first kappa shape index (κ1) is 18.1. The Morgan fingerprint density at radius 1 is 1.18 bits per heavy atom. The Hall–Kier alpha value is -2.00. The summed E-state index contributed by atoms with van der Waals surface area (Å²) in [4.78, 5) is 21.5. The number of amides is 1. The number of hydrogen-bond acceptors (Lipinski definition) is 5. The number of nitrogens with zero attached hydrogens (tertiary/aromatic N) is 1. The van der Waals surface area contributed by atoms with Gasteiger partial charge in [0.05, 0.1) is 9.82 Å². The molecule has 0 aliphatic carbocycles. The standard InChI is InChI=1S/C13H19N3O5S/c1-13(2,3)12(17)14-8-9-15-22(20,21)11-6-4-10(5-7-11)16(18)19/h4-7,15H,8-9H2,1-3H3,(H,14,17). The lowest BCUT2D eigenvalue weighted by Crippen LogP contribution is -2.39. The Bertz CT molecular complexity index is 647. The van der Waals surface area contributed by atoms with Crippen LogP contribution in [0.1, 0.15) is 20.8 Å². The summed E-state index contributed by atoms with van der Waals surface area (Å²) in [7, 11) is -3.76. The van der Waals surface area contributed by atoms with E-state index in [9.17, 15) is 23.3 Å². The summed E-state index contributed by atoms with van der Waals surface area (Å²) in [6.07, 6.45) is 0. The summed E-state index contributed by atoms with van der Waals surface area (Å²) in [6, 6.07) is 4.56. The molecule has 0 heterocycles. The van der Waals surface area contributed by atoms with Gasteiger partial charge in [-0.2, -0.15) is 0 Å². The lowest BCUT2D eigenvalue weighted by Gasteiger charge is -2.17. The molecule has 0 aromatic heterocycles. The van der Waals surface area contributed by atoms with Crippen molar-refractivity contribution in [2.75, 3.05) is 13.1 Å². The Balaban J connectivity index is 2.58. The molecule has 1 amide bonds. The van der Waals surface area contributed by atoms with Crippen molar-refractivity contribution in [2.45, 2.75) is 25.7 Å². The van der Waals surface area contributed by atoms with E-state index in [1.807, 2.05) is 0 Å². The quantitative estimate of drug-likeness (QED) is 0.459. The van der Waals surface area contributed by atoms with E-state index in [2.05, 4.69) is 10.0 Å². The van der Waals surface area contributed by atoms with E-state index in [-0.39, 0.29) is 29.6 Å². The van der Waals surface area contributed by atoms with Crippen LogP contribution in [0.2, 0.25) is 0 Å². The maximum atomic E-state index is 12.0. The van der Waals surface area contributed by atoms with Crippen LogP contribution in [0.3, 0.4) is 0 Å². The number of rotatable bonds is 6. The zero-order chi connectivity index (χ0) is 17.0. The highest BCUT2D eigenvalue weighted by molar-refractivity contribution is 7.89. The molecule has 122 valence electrons. The van der Waals surface area contributed by atoms with Crippen molar-refractivity contribution in [3.05, 3.63) is 34.4 Å². The second-order valence-corrected chi connectivity index (χ2v) is 7.42. The third kappa shape index (κ3) is 5.08. The fraction of sp³-hybridized carbons (Fsp3) is 0.462. The molecular weight excluding hydrogens is 310 g/mol. The molecule has 0 bridgehead atoms. The average Bonchev–Trinajstić information content (AvgIpc) is 2.42. The third-order valence-electron chi connectivity index (χ3n) is 2.74. The molecular formula is C13H19N3O5S. The predicted molar refractivity (Wildman–Crippen MR) is 80.7 cm³/mol. The van der Waals surface area contributed by atoms with Crippen molar-refractivity contribution in [2.24, 2.45) is 5.41 Å². The van der Waals surface area contributed by atoms with Crippen molar-refractivity contribution >= 4 is 21.6 Å². The van der Waals surface area contributed by atoms with Crippen LogP contribution in [-0.4, -0.2) is 32.3 Å². The topological polar surface area (TPSA) is 118 Å². The lowest BCUT2D eigenvalue weighted by atomic mass is 9.96. The molecule has 0 aliphatic heterocycles. The first-order chi connectivity index (χ1) is 10.0. The molecule has 0 unspecified atom stereocenters. The van der Waals surface area contributed by atoms with E-state index < -0.39 is 20.4 Å². The summed E-state index contributed by atoms with van der Waals surface area (Å²) >= 11 is 0. The summed E-state index contributed by atoms with van der Waals surface area (Å²) in [5.74, 6) is -0.179. The lowest BCUT2D eigenvalue weighted by molar-refractivity contribution is -0.384. The zero-order valence-corrected chi connectivity index (χ0v) is 13.4. The van der Waals surface area contributed by atoms with Gasteiger partial charge in [0.25, 0.3) is 5.69 Å². The molecule has 0 saturated carbocycles. The van der Waals surface area contributed by atoms with Crippen molar-refractivity contribution in [3.8, 4) is 0 Å². The number of sulfonamides is 1. The van der Waals surface area contributed by atoms with Crippen LogP contribution >= 0.6 is 0 Å². The van der Waals surface area contributed by atoms with Crippen LogP contribution in [0.4, 0.5) is 5.69 Å². The van der Waals surface area contributed by atoms with Gasteiger partial charge in [-0.25, -0.2) is 13.1 Å². The van der Waals surface area contributed by atoms with Crippen molar-refractivity contribution in [1.29, 1.82) is 0 Å². The molecule has 0 radical (unpaired) electrons.